The molecule has 0 aromatic rings. The van der Waals surface area contributed by atoms with Crippen molar-refractivity contribution >= 4 is 34.8 Å². The van der Waals surface area contributed by atoms with Crippen molar-refractivity contribution in [3.8, 4) is 0 Å². The van der Waals surface area contributed by atoms with Gasteiger partial charge in [-0.1, -0.05) is 0 Å². The molecule has 4 atom stereocenters. The highest BCUT2D eigenvalue weighted by Crippen LogP contribution is 2.05. The molecule has 122 valence electrons. The normalized spacial score (nSPS) is 17.7. The van der Waals surface area contributed by atoms with Crippen LogP contribution in [0.1, 0.15) is 12.8 Å². The van der Waals surface area contributed by atoms with Crippen LogP contribution in [0.25, 0.3) is 0 Å². The first kappa shape index (κ1) is 20.7. The zero-order valence-corrected chi connectivity index (χ0v) is 13.5. The topological polar surface area (TPSA) is 79.2 Å². The highest BCUT2D eigenvalue weighted by molar-refractivity contribution is 6.18. The number of ether oxygens (including phenoxy) is 2. The molecule has 5 nitrogen and oxygen atoms in total. The SMILES string of the molecule is OC(CCl)CCC(O)COCC(CCl)OCC(O)CCl. The monoisotopic (exact) mass is 352 g/mol. The van der Waals surface area contributed by atoms with Gasteiger partial charge in [-0.3, -0.25) is 0 Å². The fourth-order valence-electron chi connectivity index (χ4n) is 1.31. The van der Waals surface area contributed by atoms with Crippen LogP contribution >= 0.6 is 34.8 Å². The van der Waals surface area contributed by atoms with Crippen molar-refractivity contribution in [2.45, 2.75) is 37.3 Å². The van der Waals surface area contributed by atoms with Crippen LogP contribution in [0.4, 0.5) is 0 Å². The van der Waals surface area contributed by atoms with Crippen LogP contribution in [0.15, 0.2) is 0 Å². The third kappa shape index (κ3) is 11.3. The largest absolute Gasteiger partial charge is 0.392 e. The predicted octanol–water partition coefficient (Wildman–Crippen LogP) is 0.967. The molecule has 0 aromatic carbocycles. The van der Waals surface area contributed by atoms with Gasteiger partial charge in [0.15, 0.2) is 0 Å². The number of halogens is 3. The second-order valence-electron chi connectivity index (χ2n) is 4.49. The van der Waals surface area contributed by atoms with E-state index in [0.717, 1.165) is 0 Å². The van der Waals surface area contributed by atoms with E-state index >= 15 is 0 Å². The van der Waals surface area contributed by atoms with Crippen molar-refractivity contribution in [2.75, 3.05) is 37.5 Å². The second-order valence-corrected chi connectivity index (χ2v) is 5.42. The van der Waals surface area contributed by atoms with Gasteiger partial charge in [-0.2, -0.15) is 0 Å². The number of rotatable bonds is 13. The molecule has 0 saturated carbocycles. The van der Waals surface area contributed by atoms with Crippen molar-refractivity contribution in [3.05, 3.63) is 0 Å². The molecule has 0 spiro atoms. The number of aliphatic hydroxyl groups excluding tert-OH is 3. The Kier molecular flexibility index (Phi) is 13.8. The zero-order chi connectivity index (χ0) is 15.4. The molecular weight excluding hydrogens is 330 g/mol. The van der Waals surface area contributed by atoms with Gasteiger partial charge in [0.1, 0.15) is 0 Å². The summed E-state index contributed by atoms with van der Waals surface area (Å²) in [6.45, 7) is 0.437. The minimum Gasteiger partial charge on any atom is -0.392 e. The van der Waals surface area contributed by atoms with E-state index in [1.54, 1.807) is 0 Å². The molecule has 0 radical (unpaired) electrons. The van der Waals surface area contributed by atoms with Gasteiger partial charge in [0, 0.05) is 5.88 Å². The molecule has 3 N–H and O–H groups in total. The van der Waals surface area contributed by atoms with Crippen LogP contribution in [0.5, 0.6) is 0 Å². The van der Waals surface area contributed by atoms with Gasteiger partial charge in [0.25, 0.3) is 0 Å². The van der Waals surface area contributed by atoms with Gasteiger partial charge >= 0.3 is 0 Å². The molecule has 0 heterocycles. The minimum atomic E-state index is -0.731. The van der Waals surface area contributed by atoms with Crippen molar-refractivity contribution < 1.29 is 24.8 Å². The number of hydrogen-bond donors (Lipinski definition) is 3. The molecule has 0 aliphatic rings. The van der Waals surface area contributed by atoms with Crippen LogP contribution in [-0.2, 0) is 9.47 Å². The Morgan fingerprint density at radius 1 is 0.700 bits per heavy atom. The maximum atomic E-state index is 9.62. The first-order chi connectivity index (χ1) is 9.53. The number of aliphatic hydroxyl groups is 3. The first-order valence-corrected chi connectivity index (χ1v) is 8.05. The van der Waals surface area contributed by atoms with Gasteiger partial charge in [0.2, 0.25) is 0 Å². The summed E-state index contributed by atoms with van der Waals surface area (Å²) in [5, 5.41) is 28.1. The Hall–Kier alpha value is 0.670. The van der Waals surface area contributed by atoms with E-state index in [-0.39, 0.29) is 43.6 Å². The third-order valence-corrected chi connectivity index (χ3v) is 3.56. The average molecular weight is 354 g/mol. The highest BCUT2D eigenvalue weighted by Gasteiger charge is 2.13. The van der Waals surface area contributed by atoms with Crippen molar-refractivity contribution in [2.24, 2.45) is 0 Å². The van der Waals surface area contributed by atoms with E-state index in [9.17, 15) is 15.3 Å². The van der Waals surface area contributed by atoms with E-state index < -0.39 is 18.3 Å². The van der Waals surface area contributed by atoms with E-state index in [1.165, 1.54) is 0 Å². The number of hydrogen-bond acceptors (Lipinski definition) is 5. The van der Waals surface area contributed by atoms with Gasteiger partial charge in [-0.25, -0.2) is 0 Å². The highest BCUT2D eigenvalue weighted by atomic mass is 35.5. The summed E-state index contributed by atoms with van der Waals surface area (Å²) >= 11 is 16.6. The Labute approximate surface area is 134 Å². The van der Waals surface area contributed by atoms with Crippen molar-refractivity contribution in [3.63, 3.8) is 0 Å². The lowest BCUT2D eigenvalue weighted by Crippen LogP contribution is -2.29. The molecule has 0 fully saturated rings. The van der Waals surface area contributed by atoms with Gasteiger partial charge in [0.05, 0.1) is 56.0 Å². The fourth-order valence-corrected chi connectivity index (χ4v) is 1.73. The van der Waals surface area contributed by atoms with Crippen LogP contribution in [0.3, 0.4) is 0 Å². The fraction of sp³-hybridized carbons (Fsp3) is 1.00. The lowest BCUT2D eigenvalue weighted by Gasteiger charge is -2.18. The minimum absolute atomic E-state index is 0.0920. The molecule has 8 heteroatoms. The molecule has 0 aliphatic heterocycles. The Bertz CT molecular complexity index is 223. The molecule has 0 aromatic heterocycles. The summed E-state index contributed by atoms with van der Waals surface area (Å²) in [5.41, 5.74) is 0. The lowest BCUT2D eigenvalue weighted by atomic mass is 10.1. The van der Waals surface area contributed by atoms with E-state index in [2.05, 4.69) is 0 Å². The Balaban J connectivity index is 3.67. The maximum Gasteiger partial charge on any atom is 0.0944 e. The smallest absolute Gasteiger partial charge is 0.0944 e. The lowest BCUT2D eigenvalue weighted by molar-refractivity contribution is -0.0513. The van der Waals surface area contributed by atoms with Crippen molar-refractivity contribution in [1.82, 2.24) is 0 Å². The molecule has 4 unspecified atom stereocenters. The standard InChI is InChI=1S/C12H23Cl3O5/c13-3-9(16)1-2-10(17)6-19-8-12(5-15)20-7-11(18)4-14/h9-12,16-18H,1-8H2. The predicted molar refractivity (Wildman–Crippen MR) is 80.0 cm³/mol. The van der Waals surface area contributed by atoms with Crippen LogP contribution < -0.4 is 0 Å². The van der Waals surface area contributed by atoms with E-state index in [1.807, 2.05) is 0 Å². The van der Waals surface area contributed by atoms with E-state index in [0.29, 0.717) is 12.8 Å². The molecule has 20 heavy (non-hydrogen) atoms. The van der Waals surface area contributed by atoms with Gasteiger partial charge < -0.3 is 24.8 Å². The summed E-state index contributed by atoms with van der Waals surface area (Å²) in [6.07, 6.45) is -1.55. The Morgan fingerprint density at radius 2 is 1.30 bits per heavy atom. The zero-order valence-electron chi connectivity index (χ0n) is 11.3. The third-order valence-electron chi connectivity index (χ3n) is 2.50. The molecule has 0 amide bonds. The van der Waals surface area contributed by atoms with E-state index in [4.69, 9.17) is 44.3 Å². The maximum absolute atomic E-state index is 9.62. The van der Waals surface area contributed by atoms with Gasteiger partial charge in [-0.15, -0.1) is 34.8 Å². The summed E-state index contributed by atoms with van der Waals surface area (Å²) in [4.78, 5) is 0. The molecular formula is C12H23Cl3O5. The quantitative estimate of drug-likeness (QED) is 0.430. The molecule has 0 rings (SSSR count). The summed E-state index contributed by atoms with van der Waals surface area (Å²) < 4.78 is 10.6. The average Bonchev–Trinajstić information content (AvgIpc) is 2.47. The van der Waals surface area contributed by atoms with Crippen LogP contribution in [-0.4, -0.2) is 77.2 Å². The second kappa shape index (κ2) is 13.3. The molecule has 0 saturated heterocycles. The first-order valence-electron chi connectivity index (χ1n) is 6.44. The summed E-state index contributed by atoms with van der Waals surface area (Å²) in [5.74, 6) is 0.464. The van der Waals surface area contributed by atoms with Crippen LogP contribution in [0.2, 0.25) is 0 Å². The number of alkyl halides is 3. The summed E-state index contributed by atoms with van der Waals surface area (Å²) in [6, 6.07) is 0. The molecule has 0 bridgehead atoms. The van der Waals surface area contributed by atoms with Gasteiger partial charge in [-0.05, 0) is 12.8 Å². The summed E-state index contributed by atoms with van der Waals surface area (Å²) in [7, 11) is 0. The molecule has 0 aliphatic carbocycles. The Morgan fingerprint density at radius 3 is 1.85 bits per heavy atom. The van der Waals surface area contributed by atoms with Crippen molar-refractivity contribution in [1.29, 1.82) is 0 Å². The van der Waals surface area contributed by atoms with Crippen LogP contribution in [0, 0.1) is 0 Å².